The maximum atomic E-state index is 16.3. The number of aromatic nitrogens is 2. The summed E-state index contributed by atoms with van der Waals surface area (Å²) in [6, 6.07) is 11.2. The van der Waals surface area contributed by atoms with E-state index in [-0.39, 0.29) is 30.8 Å². The summed E-state index contributed by atoms with van der Waals surface area (Å²) < 4.78 is 16.3. The van der Waals surface area contributed by atoms with Crippen LogP contribution in [0.1, 0.15) is 54.4 Å². The number of carbonyl (C=O) groups is 4. The second kappa shape index (κ2) is 20.6. The smallest absolute Gasteiger partial charge is 0.323 e. The molecule has 6 rings (SSSR count). The van der Waals surface area contributed by atoms with Gasteiger partial charge < -0.3 is 52.4 Å². The van der Waals surface area contributed by atoms with Crippen LogP contribution in [0.5, 0.6) is 0 Å². The molecule has 0 aliphatic carbocycles. The number of carbonyl (C=O) groups excluding carboxylic acids is 3. The molecule has 2 aliphatic heterocycles. The molecule has 0 bridgehead atoms. The molecule has 10 N–H and O–H groups in total. The number of unbranched alkanes of at least 4 members (excludes halogenated alkanes) is 1. The zero-order chi connectivity index (χ0) is 42.8. The van der Waals surface area contributed by atoms with Crippen molar-refractivity contribution in [3.8, 4) is 0 Å². The third-order valence-electron chi connectivity index (χ3n) is 10.8. The highest BCUT2D eigenvalue weighted by atomic mass is 32.2. The average molecular weight is 842 g/mol. The number of nitrogens with one attached hydrogen (secondary N) is 4. The van der Waals surface area contributed by atoms with Gasteiger partial charge in [-0.15, -0.1) is 0 Å². The molecular weight excluding hydrogens is 790 g/mol. The van der Waals surface area contributed by atoms with E-state index >= 15 is 4.39 Å². The second-order valence-electron chi connectivity index (χ2n) is 14.8. The minimum absolute atomic E-state index is 0.108. The van der Waals surface area contributed by atoms with E-state index in [4.69, 9.17) is 11.5 Å². The van der Waals surface area contributed by atoms with Crippen molar-refractivity contribution in [3.63, 3.8) is 0 Å². The first-order chi connectivity index (χ1) is 29.0. The largest absolute Gasteiger partial charge is 0.480 e. The normalized spacial score (nSPS) is 20.6. The Hall–Kier alpha value is -5.59. The molecule has 0 spiro atoms. The zero-order valence-corrected chi connectivity index (χ0v) is 34.2. The molecule has 3 amide bonds. The van der Waals surface area contributed by atoms with Crippen molar-refractivity contribution in [2.45, 2.75) is 85.9 Å². The van der Waals surface area contributed by atoms with E-state index in [1.807, 2.05) is 30.3 Å². The Balaban J connectivity index is 1.47. The van der Waals surface area contributed by atoms with E-state index in [1.165, 1.54) is 28.1 Å². The minimum Gasteiger partial charge on any atom is -0.480 e. The number of nitrogens with zero attached hydrogens (tertiary/aromatic N) is 3. The molecule has 17 heteroatoms. The number of halogens is 1. The lowest BCUT2D eigenvalue weighted by molar-refractivity contribution is -0.142. The Bertz CT molecular complexity index is 2250. The Kier molecular flexibility index (Phi) is 15.1. The Morgan fingerprint density at radius 1 is 0.983 bits per heavy atom. The number of allylic oxidation sites excluding steroid dienone is 2. The van der Waals surface area contributed by atoms with Gasteiger partial charge in [0.25, 0.3) is 0 Å². The number of H-pyrrole nitrogens is 1. The molecule has 0 radical (unpaired) electrons. The van der Waals surface area contributed by atoms with E-state index in [2.05, 4.69) is 25.9 Å². The van der Waals surface area contributed by atoms with Gasteiger partial charge in [0.1, 0.15) is 35.7 Å². The minimum atomic E-state index is -1.30. The number of aliphatic hydroxyl groups excluding tert-OH is 1. The van der Waals surface area contributed by atoms with Gasteiger partial charge in [-0.05, 0) is 103 Å². The van der Waals surface area contributed by atoms with Crippen LogP contribution in [0, 0.1) is 5.82 Å². The van der Waals surface area contributed by atoms with Crippen molar-refractivity contribution in [1.29, 1.82) is 0 Å². The van der Waals surface area contributed by atoms with Gasteiger partial charge in [-0.25, -0.2) is 9.37 Å². The van der Waals surface area contributed by atoms with Gasteiger partial charge in [-0.1, -0.05) is 42.1 Å². The molecular formula is C43H52FN9O6S. The number of benzene rings is 2. The Morgan fingerprint density at radius 2 is 1.77 bits per heavy atom. The van der Waals surface area contributed by atoms with Crippen molar-refractivity contribution < 1.29 is 33.8 Å². The first-order valence-electron chi connectivity index (χ1n) is 20.0. The maximum Gasteiger partial charge on any atom is 0.323 e. The molecule has 0 saturated carbocycles. The molecule has 318 valence electrons. The summed E-state index contributed by atoms with van der Waals surface area (Å²) in [5.74, 6) is -3.11. The first kappa shape index (κ1) is 44.0. The van der Waals surface area contributed by atoms with Crippen LogP contribution in [-0.2, 0) is 38.7 Å². The summed E-state index contributed by atoms with van der Waals surface area (Å²) in [5.41, 5.74) is 15.3. The van der Waals surface area contributed by atoms with Gasteiger partial charge in [0, 0.05) is 56.1 Å². The topological polar surface area (TPSA) is 232 Å². The number of para-hydroxylation sites is 1. The number of aliphatic carboxylic acids is 1. The van der Waals surface area contributed by atoms with Gasteiger partial charge in [-0.3, -0.25) is 19.2 Å². The summed E-state index contributed by atoms with van der Waals surface area (Å²) in [6.07, 6.45) is 9.08. The predicted octanol–water partition coefficient (Wildman–Crippen LogP) is 2.98. The number of aromatic amines is 1. The molecule has 4 atom stereocenters. The van der Waals surface area contributed by atoms with Crippen LogP contribution in [0.4, 0.5) is 4.39 Å². The molecule has 2 aliphatic rings. The van der Waals surface area contributed by atoms with E-state index in [0.29, 0.717) is 66.1 Å². The third kappa shape index (κ3) is 10.6. The molecule has 60 heavy (non-hydrogen) atoms. The summed E-state index contributed by atoms with van der Waals surface area (Å²) in [7, 11) is 1.54. The summed E-state index contributed by atoms with van der Waals surface area (Å²) in [5, 5.41) is 30.9. The van der Waals surface area contributed by atoms with Crippen LogP contribution < -0.4 is 27.4 Å². The zero-order valence-electron chi connectivity index (χ0n) is 33.4. The fourth-order valence-electron chi connectivity index (χ4n) is 7.47. The second-order valence-corrected chi connectivity index (χ2v) is 15.8. The van der Waals surface area contributed by atoms with Crippen LogP contribution in [0.3, 0.4) is 0 Å². The standard InChI is InChI=1S/C43H52FN9O6S/c1-52-36(20-28-23-48-33-10-3-2-9-30(28)33)41(58)50-24-31-29(26-15-19-53(25-38(55)56)37(54)21-26)13-14-32(44)39(31)60-42-27(8-7-18-47-42)22-49-34(12-6-17-46)40(57)51-35(43(52)59)11-4-5-16-45/h2-3,7-10,13-15,18-19,21,23,34-37,48-49,54H,4-6,11-12,16-17,20,22,24-25,45-46H2,1H3,(H,50,58)(H,51,57)(H,55,56)/t34-,35-,36-,37?/m0/s1. The molecule has 4 heterocycles. The fraction of sp³-hybridized carbons (Fsp3) is 0.372. The number of aliphatic hydroxyl groups is 1. The molecule has 2 aromatic heterocycles. The van der Waals surface area contributed by atoms with Gasteiger partial charge in [0.05, 0.1) is 10.9 Å². The fourth-order valence-corrected chi connectivity index (χ4v) is 8.52. The lowest BCUT2D eigenvalue weighted by Gasteiger charge is -2.32. The number of likely N-dealkylation sites (N-methyl/N-ethyl adjacent to an activating group) is 1. The molecule has 1 unspecified atom stereocenters. The Morgan fingerprint density at radius 3 is 2.53 bits per heavy atom. The number of hydrogen-bond donors (Lipinski definition) is 8. The summed E-state index contributed by atoms with van der Waals surface area (Å²) in [6.45, 7) is 0.268. The molecule has 15 nitrogen and oxygen atoms in total. The number of hydrogen-bond acceptors (Lipinski definition) is 11. The molecule has 4 aromatic rings. The van der Waals surface area contributed by atoms with E-state index in [1.54, 1.807) is 37.7 Å². The predicted molar refractivity (Wildman–Crippen MR) is 226 cm³/mol. The first-order valence-corrected chi connectivity index (χ1v) is 20.8. The Labute approximate surface area is 351 Å². The monoisotopic (exact) mass is 841 g/mol. The number of rotatable bonds is 12. The van der Waals surface area contributed by atoms with E-state index < -0.39 is 60.4 Å². The van der Waals surface area contributed by atoms with Crippen molar-refractivity contribution in [2.24, 2.45) is 11.5 Å². The molecule has 0 saturated heterocycles. The van der Waals surface area contributed by atoms with Crippen LogP contribution in [0.25, 0.3) is 16.5 Å². The number of carboxylic acid groups (broad SMARTS) is 1. The lowest BCUT2D eigenvalue weighted by atomic mass is 9.96. The maximum absolute atomic E-state index is 16.3. The van der Waals surface area contributed by atoms with Crippen LogP contribution in [0.15, 0.2) is 89.2 Å². The third-order valence-corrected chi connectivity index (χ3v) is 12.0. The lowest BCUT2D eigenvalue weighted by Crippen LogP contribution is -2.57. The van der Waals surface area contributed by atoms with Crippen molar-refractivity contribution in [1.82, 2.24) is 35.7 Å². The highest BCUT2D eigenvalue weighted by Gasteiger charge is 2.34. The summed E-state index contributed by atoms with van der Waals surface area (Å²) in [4.78, 5) is 65.4. The van der Waals surface area contributed by atoms with Crippen molar-refractivity contribution in [3.05, 3.63) is 107 Å². The quantitative estimate of drug-likeness (QED) is 0.0963. The van der Waals surface area contributed by atoms with E-state index in [0.717, 1.165) is 28.2 Å². The van der Waals surface area contributed by atoms with Crippen molar-refractivity contribution in [2.75, 3.05) is 26.7 Å². The van der Waals surface area contributed by atoms with E-state index in [9.17, 15) is 29.4 Å². The van der Waals surface area contributed by atoms with Gasteiger partial charge in [0.15, 0.2) is 0 Å². The highest BCUT2D eigenvalue weighted by Crippen LogP contribution is 2.38. The molecule has 2 aromatic carbocycles. The number of amides is 3. The number of fused-ring (bicyclic) bond motifs is 3. The van der Waals surface area contributed by atoms with Crippen LogP contribution >= 0.6 is 11.8 Å². The van der Waals surface area contributed by atoms with Crippen LogP contribution in [-0.4, -0.2) is 105 Å². The number of nitrogens with two attached hydrogens (primary N) is 2. The number of pyridine rings is 1. The number of carboxylic acids is 1. The van der Waals surface area contributed by atoms with Gasteiger partial charge >= 0.3 is 5.97 Å². The average Bonchev–Trinajstić information content (AvgIpc) is 3.65. The van der Waals surface area contributed by atoms with Gasteiger partial charge in [0.2, 0.25) is 17.7 Å². The van der Waals surface area contributed by atoms with Gasteiger partial charge in [-0.2, -0.15) is 0 Å². The molecule has 0 fully saturated rings. The van der Waals surface area contributed by atoms with Crippen LogP contribution in [0.2, 0.25) is 0 Å². The SMILES string of the molecule is CN1C(=O)[C@H](CCCCN)NC(=O)[C@H](CCCN)NCc2cccnc2Sc2c(F)ccc(C3=CC(O)N(CC(=O)O)C=C3)c2CNC(=O)[C@@H]1Cc1c[nH]c2ccccc12. The van der Waals surface area contributed by atoms with Crippen molar-refractivity contribution >= 4 is 51.9 Å². The highest BCUT2D eigenvalue weighted by molar-refractivity contribution is 7.99. The summed E-state index contributed by atoms with van der Waals surface area (Å²) >= 11 is 1.06.